The van der Waals surface area contributed by atoms with Crippen LogP contribution in [0, 0.1) is 6.92 Å². The Balaban J connectivity index is 1.69. The molecule has 2 aromatic carbocycles. The summed E-state index contributed by atoms with van der Waals surface area (Å²) >= 11 is 0. The zero-order valence-corrected chi connectivity index (χ0v) is 16.2. The molecule has 5 rings (SSSR count). The third-order valence-corrected chi connectivity index (χ3v) is 7.27. The average molecular weight is 385 g/mol. The number of fused-ring (bicyclic) bond motifs is 3. The number of hydrazone groups is 1. The minimum absolute atomic E-state index is 0.186. The van der Waals surface area contributed by atoms with Gasteiger partial charge in [0.25, 0.3) is 10.0 Å². The van der Waals surface area contributed by atoms with Crippen molar-refractivity contribution in [3.8, 4) is 0 Å². The highest BCUT2D eigenvalue weighted by Gasteiger charge is 2.53. The minimum Gasteiger partial charge on any atom is -0.389 e. The van der Waals surface area contributed by atoms with Crippen molar-refractivity contribution in [1.82, 2.24) is 4.83 Å². The first-order chi connectivity index (χ1) is 12.8. The van der Waals surface area contributed by atoms with Crippen molar-refractivity contribution in [1.29, 1.82) is 0 Å². The van der Waals surface area contributed by atoms with E-state index in [4.69, 9.17) is 0 Å². The van der Waals surface area contributed by atoms with E-state index in [0.29, 0.717) is 19.3 Å². The lowest BCUT2D eigenvalue weighted by atomic mass is 9.55. The molecule has 2 bridgehead atoms. The summed E-state index contributed by atoms with van der Waals surface area (Å²) in [5, 5.41) is 15.1. The van der Waals surface area contributed by atoms with Crippen molar-refractivity contribution in [2.45, 2.75) is 54.9 Å². The van der Waals surface area contributed by atoms with Gasteiger partial charge in [-0.25, -0.2) is 4.83 Å². The van der Waals surface area contributed by atoms with Crippen molar-refractivity contribution in [3.63, 3.8) is 0 Å². The summed E-state index contributed by atoms with van der Waals surface area (Å²) in [5.74, 6) is 0. The molecule has 3 aliphatic carbocycles. The van der Waals surface area contributed by atoms with Crippen LogP contribution in [0.25, 0.3) is 0 Å². The Morgan fingerprint density at radius 3 is 2.22 bits per heavy atom. The fourth-order valence-corrected chi connectivity index (χ4v) is 5.16. The monoisotopic (exact) mass is 384 g/mol. The Hall–Kier alpha value is -2.18. The molecule has 0 radical (unpaired) electrons. The van der Waals surface area contributed by atoms with Crippen LogP contribution in [0.1, 0.15) is 43.2 Å². The highest BCUT2D eigenvalue weighted by molar-refractivity contribution is 7.89. The molecule has 0 aromatic heterocycles. The van der Waals surface area contributed by atoms with Crippen LogP contribution in [0.15, 0.2) is 64.6 Å². The van der Waals surface area contributed by atoms with Gasteiger partial charge in [0.1, 0.15) is 0 Å². The molecule has 27 heavy (non-hydrogen) atoms. The number of hydrogen-bond donors (Lipinski definition) is 2. The summed E-state index contributed by atoms with van der Waals surface area (Å²) in [6.07, 6.45) is 3.38. The molecule has 5 nitrogen and oxygen atoms in total. The van der Waals surface area contributed by atoms with E-state index >= 15 is 0 Å². The fourth-order valence-electron chi connectivity index (χ4n) is 4.33. The zero-order valence-electron chi connectivity index (χ0n) is 15.4. The van der Waals surface area contributed by atoms with Gasteiger partial charge in [0, 0.05) is 11.8 Å². The van der Waals surface area contributed by atoms with Crippen LogP contribution in [0.2, 0.25) is 0 Å². The summed E-state index contributed by atoms with van der Waals surface area (Å²) in [7, 11) is -3.74. The Morgan fingerprint density at radius 1 is 0.963 bits per heavy atom. The van der Waals surface area contributed by atoms with E-state index in [9.17, 15) is 13.5 Å². The first kappa shape index (κ1) is 18.2. The molecule has 0 atom stereocenters. The first-order valence-electron chi connectivity index (χ1n) is 9.27. The maximum absolute atomic E-state index is 12.6. The molecule has 2 N–H and O–H groups in total. The largest absolute Gasteiger partial charge is 0.389 e. The Labute approximate surface area is 160 Å². The second kappa shape index (κ2) is 6.46. The Bertz CT molecular complexity index is 958. The molecule has 3 aliphatic rings. The van der Waals surface area contributed by atoms with Crippen molar-refractivity contribution >= 4 is 15.7 Å². The molecule has 0 spiro atoms. The maximum atomic E-state index is 12.6. The number of aryl methyl sites for hydroxylation is 1. The van der Waals surface area contributed by atoms with Gasteiger partial charge in [0.05, 0.1) is 16.2 Å². The molecule has 0 amide bonds. The predicted octanol–water partition coefficient (Wildman–Crippen LogP) is 3.28. The SMILES string of the molecule is Cc1ccc(S(=O)(=O)N/N=C2/CC3(O)CCC2(c2ccccc2)CC3)cc1. The molecule has 0 unspecified atom stereocenters. The van der Waals surface area contributed by atoms with Crippen LogP contribution in [-0.2, 0) is 15.4 Å². The van der Waals surface area contributed by atoms with Crippen LogP contribution < -0.4 is 4.83 Å². The second-order valence-electron chi connectivity index (χ2n) is 7.82. The molecule has 3 saturated carbocycles. The molecule has 0 aliphatic heterocycles. The van der Waals surface area contributed by atoms with Gasteiger partial charge >= 0.3 is 0 Å². The van der Waals surface area contributed by atoms with Crippen LogP contribution >= 0.6 is 0 Å². The third kappa shape index (κ3) is 3.28. The lowest BCUT2D eigenvalue weighted by Crippen LogP contribution is -2.55. The van der Waals surface area contributed by atoms with Gasteiger partial charge in [-0.2, -0.15) is 13.5 Å². The standard InChI is InChI=1S/C21H24N2O3S/c1-16-7-9-18(10-8-16)27(25,26)23-22-19-15-20(24)11-13-21(19,14-12-20)17-5-3-2-4-6-17/h2-10,23-24H,11-15H2,1H3/b22-19-. The summed E-state index contributed by atoms with van der Waals surface area (Å²) in [6.45, 7) is 1.91. The van der Waals surface area contributed by atoms with E-state index in [1.165, 1.54) is 0 Å². The number of nitrogens with one attached hydrogen (secondary N) is 1. The molecule has 2 aromatic rings. The molecular formula is C21H24N2O3S. The molecule has 0 heterocycles. The highest BCUT2D eigenvalue weighted by Crippen LogP contribution is 2.51. The van der Waals surface area contributed by atoms with Crippen LogP contribution in [0.4, 0.5) is 0 Å². The van der Waals surface area contributed by atoms with E-state index in [2.05, 4.69) is 22.1 Å². The zero-order chi connectivity index (χ0) is 19.1. The van der Waals surface area contributed by atoms with E-state index < -0.39 is 15.6 Å². The quantitative estimate of drug-likeness (QED) is 0.794. The van der Waals surface area contributed by atoms with Gasteiger partial charge in [0.15, 0.2) is 0 Å². The predicted molar refractivity (Wildman–Crippen MR) is 105 cm³/mol. The number of rotatable bonds is 4. The minimum atomic E-state index is -3.74. The first-order valence-corrected chi connectivity index (χ1v) is 10.7. The van der Waals surface area contributed by atoms with Crippen molar-refractivity contribution in [3.05, 3.63) is 65.7 Å². The van der Waals surface area contributed by atoms with E-state index in [-0.39, 0.29) is 10.3 Å². The topological polar surface area (TPSA) is 78.8 Å². The molecule has 3 fully saturated rings. The number of sulfonamides is 1. The van der Waals surface area contributed by atoms with E-state index in [0.717, 1.165) is 29.7 Å². The number of hydrogen-bond acceptors (Lipinski definition) is 4. The molecule has 6 heteroatoms. The van der Waals surface area contributed by atoms with Gasteiger partial charge < -0.3 is 5.11 Å². The van der Waals surface area contributed by atoms with Gasteiger partial charge in [-0.05, 0) is 50.3 Å². The van der Waals surface area contributed by atoms with Gasteiger partial charge in [0.2, 0.25) is 0 Å². The fraction of sp³-hybridized carbons (Fsp3) is 0.381. The molecular weight excluding hydrogens is 360 g/mol. The van der Waals surface area contributed by atoms with Crippen LogP contribution in [-0.4, -0.2) is 24.8 Å². The summed E-state index contributed by atoms with van der Waals surface area (Å²) < 4.78 is 25.3. The number of benzene rings is 2. The van der Waals surface area contributed by atoms with Crippen LogP contribution in [0.5, 0.6) is 0 Å². The summed E-state index contributed by atoms with van der Waals surface area (Å²) in [5.41, 5.74) is 1.78. The normalized spacial score (nSPS) is 29.0. The molecule has 0 saturated heterocycles. The second-order valence-corrected chi connectivity index (χ2v) is 9.48. The maximum Gasteiger partial charge on any atom is 0.276 e. The highest BCUT2D eigenvalue weighted by atomic mass is 32.2. The van der Waals surface area contributed by atoms with Gasteiger partial charge in [-0.1, -0.05) is 48.0 Å². The summed E-state index contributed by atoms with van der Waals surface area (Å²) in [6, 6.07) is 16.8. The van der Waals surface area contributed by atoms with E-state index in [1.807, 2.05) is 25.1 Å². The summed E-state index contributed by atoms with van der Waals surface area (Å²) in [4.78, 5) is 2.60. The van der Waals surface area contributed by atoms with Gasteiger partial charge in [-0.15, -0.1) is 0 Å². The number of aliphatic hydroxyl groups is 1. The van der Waals surface area contributed by atoms with Crippen molar-refractivity contribution < 1.29 is 13.5 Å². The average Bonchev–Trinajstić information content (AvgIpc) is 2.68. The Kier molecular flexibility index (Phi) is 4.35. The van der Waals surface area contributed by atoms with Crippen LogP contribution in [0.3, 0.4) is 0 Å². The lowest BCUT2D eigenvalue weighted by molar-refractivity contribution is -0.0190. The smallest absolute Gasteiger partial charge is 0.276 e. The Morgan fingerprint density at radius 2 is 1.59 bits per heavy atom. The number of nitrogens with zero attached hydrogens (tertiary/aromatic N) is 1. The lowest BCUT2D eigenvalue weighted by Gasteiger charge is -2.51. The van der Waals surface area contributed by atoms with Crippen molar-refractivity contribution in [2.75, 3.05) is 0 Å². The third-order valence-electron chi connectivity index (χ3n) is 6.04. The van der Waals surface area contributed by atoms with Crippen molar-refractivity contribution in [2.24, 2.45) is 5.10 Å². The molecule has 142 valence electrons. The van der Waals surface area contributed by atoms with E-state index in [1.54, 1.807) is 24.3 Å². The van der Waals surface area contributed by atoms with Gasteiger partial charge in [-0.3, -0.25) is 0 Å².